The molecule has 104 valence electrons. The van der Waals surface area contributed by atoms with Crippen LogP contribution in [0.2, 0.25) is 0 Å². The second kappa shape index (κ2) is 6.81. The summed E-state index contributed by atoms with van der Waals surface area (Å²) >= 11 is 8.51. The molecule has 3 nitrogen and oxygen atoms in total. The van der Waals surface area contributed by atoms with E-state index in [1.807, 2.05) is 23.9 Å². The van der Waals surface area contributed by atoms with E-state index < -0.39 is 0 Å². The van der Waals surface area contributed by atoms with Gasteiger partial charge in [0.05, 0.1) is 9.93 Å². The highest BCUT2D eigenvalue weighted by atomic mass is 32.2. The number of hydrogen-bond donors (Lipinski definition) is 0. The second-order valence-corrected chi connectivity index (χ2v) is 7.28. The quantitative estimate of drug-likeness (QED) is 0.586. The summed E-state index contributed by atoms with van der Waals surface area (Å²) < 4.78 is 0.690. The minimum absolute atomic E-state index is 0.0611. The van der Waals surface area contributed by atoms with E-state index in [0.717, 1.165) is 36.6 Å². The first-order valence-electron chi connectivity index (χ1n) is 6.43. The minimum Gasteiger partial charge on any atom is -0.369 e. The third kappa shape index (κ3) is 3.55. The largest absolute Gasteiger partial charge is 0.369 e. The van der Waals surface area contributed by atoms with E-state index in [1.165, 1.54) is 16.8 Å². The lowest BCUT2D eigenvalue weighted by Gasteiger charge is -2.13. The Morgan fingerprint density at radius 3 is 2.84 bits per heavy atom. The number of carbonyl (C=O) groups is 1. The van der Waals surface area contributed by atoms with Gasteiger partial charge in [-0.25, -0.2) is 0 Å². The van der Waals surface area contributed by atoms with Crippen LogP contribution in [0.15, 0.2) is 22.1 Å². The Bertz CT molecular complexity index is 445. The summed E-state index contributed by atoms with van der Waals surface area (Å²) in [4.78, 5) is 16.9. The van der Waals surface area contributed by atoms with Gasteiger partial charge in [-0.05, 0) is 18.6 Å². The molecule has 2 saturated heterocycles. The van der Waals surface area contributed by atoms with Gasteiger partial charge in [0.15, 0.2) is 0 Å². The Kier molecular flexibility index (Phi) is 5.36. The summed E-state index contributed by atoms with van der Waals surface area (Å²) in [6.45, 7) is 3.93. The maximum absolute atomic E-state index is 12.2. The summed E-state index contributed by atoms with van der Waals surface area (Å²) in [7, 11) is 2.08. The molecule has 6 heteroatoms. The van der Waals surface area contributed by atoms with Crippen molar-refractivity contribution in [3.63, 3.8) is 0 Å². The summed E-state index contributed by atoms with van der Waals surface area (Å²) in [6.07, 6.45) is 6.01. The van der Waals surface area contributed by atoms with Gasteiger partial charge in [0.2, 0.25) is 0 Å². The third-order valence-electron chi connectivity index (χ3n) is 3.04. The lowest BCUT2D eigenvalue weighted by Crippen LogP contribution is -2.28. The molecule has 0 radical (unpaired) electrons. The summed E-state index contributed by atoms with van der Waals surface area (Å²) in [5.74, 6) is 1.18. The van der Waals surface area contributed by atoms with Crippen LogP contribution in [0.1, 0.15) is 19.8 Å². The van der Waals surface area contributed by atoms with Gasteiger partial charge in [0, 0.05) is 25.9 Å². The number of carbonyl (C=O) groups excluding carboxylic acids is 1. The van der Waals surface area contributed by atoms with Gasteiger partial charge in [-0.3, -0.25) is 9.69 Å². The van der Waals surface area contributed by atoms with E-state index in [9.17, 15) is 4.79 Å². The summed E-state index contributed by atoms with van der Waals surface area (Å²) in [6, 6.07) is 0. The number of unbranched alkanes of at least 4 members (excludes halogenated alkanes) is 1. The van der Waals surface area contributed by atoms with E-state index in [1.54, 1.807) is 4.90 Å². The van der Waals surface area contributed by atoms with E-state index in [4.69, 9.17) is 12.2 Å². The van der Waals surface area contributed by atoms with Gasteiger partial charge in [0.1, 0.15) is 4.32 Å². The molecule has 2 aliphatic rings. The van der Waals surface area contributed by atoms with E-state index in [0.29, 0.717) is 4.32 Å². The first-order valence-corrected chi connectivity index (χ1v) is 8.64. The smallest absolute Gasteiger partial charge is 0.266 e. The number of allylic oxidation sites excluding steroid dienone is 2. The highest BCUT2D eigenvalue weighted by Crippen LogP contribution is 2.32. The Labute approximate surface area is 128 Å². The van der Waals surface area contributed by atoms with Crippen LogP contribution in [-0.4, -0.2) is 45.9 Å². The maximum atomic E-state index is 12.2. The zero-order chi connectivity index (χ0) is 13.8. The number of hydrogen-bond acceptors (Lipinski definition) is 5. The zero-order valence-electron chi connectivity index (χ0n) is 11.2. The Hall–Kier alpha value is -0.460. The molecule has 0 N–H and O–H groups in total. The molecule has 0 aliphatic carbocycles. The van der Waals surface area contributed by atoms with E-state index in [-0.39, 0.29) is 5.91 Å². The molecule has 2 fully saturated rings. The number of amides is 1. The maximum Gasteiger partial charge on any atom is 0.266 e. The normalized spacial score (nSPS) is 24.3. The third-order valence-corrected chi connectivity index (χ3v) is 5.57. The molecule has 1 amide bonds. The molecule has 2 heterocycles. The molecule has 0 bridgehead atoms. The van der Waals surface area contributed by atoms with Gasteiger partial charge in [-0.1, -0.05) is 37.3 Å². The van der Waals surface area contributed by atoms with Crippen molar-refractivity contribution < 1.29 is 4.79 Å². The van der Waals surface area contributed by atoms with Crippen LogP contribution in [-0.2, 0) is 4.79 Å². The van der Waals surface area contributed by atoms with Gasteiger partial charge < -0.3 is 4.90 Å². The minimum atomic E-state index is 0.0611. The average Bonchev–Trinajstić information content (AvgIpc) is 2.90. The van der Waals surface area contributed by atoms with Crippen LogP contribution in [0.3, 0.4) is 0 Å². The number of thioether (sulfide) groups is 2. The summed E-state index contributed by atoms with van der Waals surface area (Å²) in [5.41, 5.74) is 0. The molecule has 2 rings (SSSR count). The van der Waals surface area contributed by atoms with Gasteiger partial charge in [0.25, 0.3) is 5.91 Å². The van der Waals surface area contributed by atoms with E-state index in [2.05, 4.69) is 18.9 Å². The van der Waals surface area contributed by atoms with Crippen LogP contribution < -0.4 is 0 Å². The topological polar surface area (TPSA) is 23.6 Å². The lowest BCUT2D eigenvalue weighted by molar-refractivity contribution is -0.122. The highest BCUT2D eigenvalue weighted by Gasteiger charge is 2.31. The average molecular weight is 315 g/mol. The Balaban J connectivity index is 2.05. The highest BCUT2D eigenvalue weighted by molar-refractivity contribution is 8.26. The number of nitrogens with zero attached hydrogens (tertiary/aromatic N) is 2. The fourth-order valence-electron chi connectivity index (χ4n) is 1.85. The molecule has 0 unspecified atom stereocenters. The zero-order valence-corrected chi connectivity index (χ0v) is 13.7. The van der Waals surface area contributed by atoms with Crippen LogP contribution >= 0.6 is 35.7 Å². The van der Waals surface area contributed by atoms with Crippen molar-refractivity contribution in [2.45, 2.75) is 19.8 Å². The van der Waals surface area contributed by atoms with Crippen molar-refractivity contribution in [2.75, 3.05) is 25.9 Å². The summed E-state index contributed by atoms with van der Waals surface area (Å²) in [5, 5.41) is 1.22. The van der Waals surface area contributed by atoms with E-state index >= 15 is 0 Å². The van der Waals surface area contributed by atoms with Crippen molar-refractivity contribution >= 4 is 46.0 Å². The van der Waals surface area contributed by atoms with Gasteiger partial charge in [-0.15, -0.1) is 11.8 Å². The second-order valence-electron chi connectivity index (χ2n) is 4.48. The molecule has 0 saturated carbocycles. The van der Waals surface area contributed by atoms with Crippen molar-refractivity contribution in [3.05, 3.63) is 22.1 Å². The predicted molar refractivity (Wildman–Crippen MR) is 88.1 cm³/mol. The molecule has 0 aromatic rings. The number of thiocarbonyl (C=S) groups is 1. The SMILES string of the molecule is CCCCN1C(=O)/C(=C/C=C2/SCCN2C)SC1=S. The monoisotopic (exact) mass is 314 g/mol. The number of rotatable bonds is 4. The molecular formula is C13H18N2OS3. The Morgan fingerprint density at radius 1 is 1.42 bits per heavy atom. The van der Waals surface area contributed by atoms with Crippen molar-refractivity contribution in [3.8, 4) is 0 Å². The van der Waals surface area contributed by atoms with Crippen LogP contribution in [0.25, 0.3) is 0 Å². The molecule has 0 spiro atoms. The molecule has 0 atom stereocenters. The standard InChI is InChI=1S/C13H18N2OS3/c1-3-4-7-15-12(16)10(19-13(15)17)5-6-11-14(2)8-9-18-11/h5-6H,3-4,7-9H2,1-2H3/b10-5-,11-6+. The molecule has 2 aliphatic heterocycles. The van der Waals surface area contributed by atoms with Crippen LogP contribution in [0, 0.1) is 0 Å². The molecule has 0 aromatic carbocycles. The molecular weight excluding hydrogens is 296 g/mol. The Morgan fingerprint density at radius 2 is 2.21 bits per heavy atom. The molecule has 0 aromatic heterocycles. The van der Waals surface area contributed by atoms with Crippen molar-refractivity contribution in [2.24, 2.45) is 0 Å². The fourth-order valence-corrected chi connectivity index (χ4v) is 4.15. The van der Waals surface area contributed by atoms with Gasteiger partial charge >= 0.3 is 0 Å². The lowest BCUT2D eigenvalue weighted by atomic mass is 10.3. The van der Waals surface area contributed by atoms with Crippen molar-refractivity contribution in [1.82, 2.24) is 9.80 Å². The van der Waals surface area contributed by atoms with Crippen molar-refractivity contribution in [1.29, 1.82) is 0 Å². The first kappa shape index (κ1) is 14.9. The van der Waals surface area contributed by atoms with Crippen LogP contribution in [0.4, 0.5) is 0 Å². The predicted octanol–water partition coefficient (Wildman–Crippen LogP) is 3.05. The van der Waals surface area contributed by atoms with Gasteiger partial charge in [-0.2, -0.15) is 0 Å². The first-order chi connectivity index (χ1) is 9.13. The molecule has 19 heavy (non-hydrogen) atoms. The van der Waals surface area contributed by atoms with Crippen LogP contribution in [0.5, 0.6) is 0 Å². The fraction of sp³-hybridized carbons (Fsp3) is 0.538.